The predicted molar refractivity (Wildman–Crippen MR) is 104 cm³/mol. The molecule has 0 spiro atoms. The van der Waals surface area contributed by atoms with E-state index in [9.17, 15) is 18.0 Å². The standard InChI is InChI=1S/C21H22F3N3O2/c22-13-1-4-17(16(24)11-13)27-9-7-21(25,8-10-27)12-29-18-5-3-15(23)20-14(18)2-6-19(28)26-20/h1,3-5,11H,2,6-10,12,25H2,(H,26,28). The highest BCUT2D eigenvalue weighted by atomic mass is 19.1. The van der Waals surface area contributed by atoms with Gasteiger partial charge in [0.15, 0.2) is 0 Å². The second kappa shape index (κ2) is 7.59. The Morgan fingerprint density at radius 2 is 1.83 bits per heavy atom. The molecule has 0 aromatic heterocycles. The van der Waals surface area contributed by atoms with Gasteiger partial charge in [-0.3, -0.25) is 4.79 Å². The molecular weight excluding hydrogens is 383 g/mol. The lowest BCUT2D eigenvalue weighted by Gasteiger charge is -2.40. The molecule has 0 saturated carbocycles. The molecule has 29 heavy (non-hydrogen) atoms. The van der Waals surface area contributed by atoms with E-state index in [-0.39, 0.29) is 24.6 Å². The number of benzene rings is 2. The number of nitrogens with two attached hydrogens (primary N) is 1. The number of nitrogens with one attached hydrogen (secondary N) is 1. The van der Waals surface area contributed by atoms with Crippen LogP contribution in [-0.4, -0.2) is 31.1 Å². The molecule has 0 radical (unpaired) electrons. The average Bonchev–Trinajstić information content (AvgIpc) is 2.69. The summed E-state index contributed by atoms with van der Waals surface area (Å²) in [5, 5.41) is 2.56. The first-order chi connectivity index (χ1) is 13.8. The molecule has 154 valence electrons. The lowest BCUT2D eigenvalue weighted by atomic mass is 9.89. The molecule has 8 heteroatoms. The Bertz CT molecular complexity index is 943. The normalized spacial score (nSPS) is 18.2. The molecule has 5 nitrogen and oxygen atoms in total. The summed E-state index contributed by atoms with van der Waals surface area (Å²) < 4.78 is 47.1. The Morgan fingerprint density at radius 1 is 1.07 bits per heavy atom. The summed E-state index contributed by atoms with van der Waals surface area (Å²) in [4.78, 5) is 13.4. The first kappa shape index (κ1) is 19.6. The molecule has 1 fully saturated rings. The minimum Gasteiger partial charge on any atom is -0.491 e. The number of fused-ring (bicyclic) bond motifs is 1. The summed E-state index contributed by atoms with van der Waals surface area (Å²) in [6.45, 7) is 1.25. The van der Waals surface area contributed by atoms with E-state index in [0.717, 1.165) is 6.07 Å². The van der Waals surface area contributed by atoms with E-state index >= 15 is 0 Å². The van der Waals surface area contributed by atoms with Crippen molar-refractivity contribution >= 4 is 17.3 Å². The van der Waals surface area contributed by atoms with Crippen LogP contribution in [0.25, 0.3) is 0 Å². The van der Waals surface area contributed by atoms with Crippen molar-refractivity contribution in [3.8, 4) is 5.75 Å². The summed E-state index contributed by atoms with van der Waals surface area (Å²) in [6, 6.07) is 6.37. The van der Waals surface area contributed by atoms with Gasteiger partial charge in [0.05, 0.1) is 16.9 Å². The highest BCUT2D eigenvalue weighted by Crippen LogP contribution is 2.35. The van der Waals surface area contributed by atoms with Crippen LogP contribution in [0.4, 0.5) is 24.5 Å². The number of rotatable bonds is 4. The van der Waals surface area contributed by atoms with E-state index < -0.39 is 23.0 Å². The highest BCUT2D eigenvalue weighted by molar-refractivity contribution is 5.94. The maximum absolute atomic E-state index is 14.0. The Hall–Kier alpha value is -2.74. The number of hydrogen-bond donors (Lipinski definition) is 2. The number of hydrogen-bond acceptors (Lipinski definition) is 4. The van der Waals surface area contributed by atoms with Crippen LogP contribution in [0.1, 0.15) is 24.8 Å². The Kier molecular flexibility index (Phi) is 5.12. The second-order valence-electron chi connectivity index (χ2n) is 7.68. The van der Waals surface area contributed by atoms with E-state index in [4.69, 9.17) is 10.5 Å². The molecule has 0 unspecified atom stereocenters. The van der Waals surface area contributed by atoms with Crippen molar-refractivity contribution in [2.24, 2.45) is 5.73 Å². The molecule has 1 amide bonds. The van der Waals surface area contributed by atoms with Crippen LogP contribution in [-0.2, 0) is 11.2 Å². The van der Waals surface area contributed by atoms with Gasteiger partial charge >= 0.3 is 0 Å². The van der Waals surface area contributed by atoms with Crippen molar-refractivity contribution in [2.45, 2.75) is 31.2 Å². The van der Waals surface area contributed by atoms with Gasteiger partial charge in [0.25, 0.3) is 0 Å². The van der Waals surface area contributed by atoms with Gasteiger partial charge in [-0.2, -0.15) is 0 Å². The monoisotopic (exact) mass is 405 g/mol. The number of amides is 1. The lowest BCUT2D eigenvalue weighted by Crippen LogP contribution is -2.54. The summed E-state index contributed by atoms with van der Waals surface area (Å²) in [6.07, 6.45) is 1.80. The maximum Gasteiger partial charge on any atom is 0.224 e. The highest BCUT2D eigenvalue weighted by Gasteiger charge is 2.33. The van der Waals surface area contributed by atoms with Crippen LogP contribution in [0.5, 0.6) is 5.75 Å². The number of carbonyl (C=O) groups is 1. The molecule has 4 rings (SSSR count). The fourth-order valence-corrected chi connectivity index (χ4v) is 3.86. The molecule has 2 aliphatic heterocycles. The van der Waals surface area contributed by atoms with Crippen LogP contribution >= 0.6 is 0 Å². The molecule has 2 aromatic carbocycles. The fraction of sp³-hybridized carbons (Fsp3) is 0.381. The Balaban J connectivity index is 1.41. The van der Waals surface area contributed by atoms with Gasteiger partial charge in [-0.05, 0) is 43.5 Å². The molecular formula is C21H22F3N3O2. The van der Waals surface area contributed by atoms with Gasteiger partial charge in [0.1, 0.15) is 29.8 Å². The third kappa shape index (κ3) is 4.03. The zero-order valence-corrected chi connectivity index (χ0v) is 15.8. The third-order valence-corrected chi connectivity index (χ3v) is 5.61. The number of halogens is 3. The summed E-state index contributed by atoms with van der Waals surface area (Å²) in [5.74, 6) is -1.39. The number of anilines is 2. The number of nitrogens with zero attached hydrogens (tertiary/aromatic N) is 1. The van der Waals surface area contributed by atoms with Gasteiger partial charge in [-0.15, -0.1) is 0 Å². The van der Waals surface area contributed by atoms with Crippen molar-refractivity contribution in [1.82, 2.24) is 0 Å². The minimum atomic E-state index is -0.619. The molecule has 1 saturated heterocycles. The average molecular weight is 405 g/mol. The zero-order chi connectivity index (χ0) is 20.6. The van der Waals surface area contributed by atoms with Gasteiger partial charge in [0.2, 0.25) is 5.91 Å². The number of carbonyl (C=O) groups excluding carboxylic acids is 1. The van der Waals surface area contributed by atoms with Gasteiger partial charge in [0, 0.05) is 31.1 Å². The van der Waals surface area contributed by atoms with E-state index in [0.29, 0.717) is 49.4 Å². The van der Waals surface area contributed by atoms with Crippen LogP contribution in [0, 0.1) is 17.5 Å². The van der Waals surface area contributed by atoms with E-state index in [1.54, 1.807) is 6.07 Å². The summed E-state index contributed by atoms with van der Waals surface area (Å²) >= 11 is 0. The SMILES string of the molecule is NC1(COc2ccc(F)c3c2CCC(=O)N3)CCN(c2ccc(F)cc2F)CC1. The van der Waals surface area contributed by atoms with E-state index in [1.165, 1.54) is 18.2 Å². The summed E-state index contributed by atoms with van der Waals surface area (Å²) in [5.41, 5.74) is 7.04. The quantitative estimate of drug-likeness (QED) is 0.819. The lowest BCUT2D eigenvalue weighted by molar-refractivity contribution is -0.116. The minimum absolute atomic E-state index is 0.173. The maximum atomic E-state index is 14.0. The molecule has 2 aromatic rings. The van der Waals surface area contributed by atoms with Gasteiger partial charge in [-0.1, -0.05) is 0 Å². The van der Waals surface area contributed by atoms with Crippen molar-refractivity contribution < 1.29 is 22.7 Å². The zero-order valence-electron chi connectivity index (χ0n) is 15.8. The summed E-state index contributed by atoms with van der Waals surface area (Å²) in [7, 11) is 0. The third-order valence-electron chi connectivity index (χ3n) is 5.61. The Labute approximate surface area is 166 Å². The molecule has 0 atom stereocenters. The van der Waals surface area contributed by atoms with Crippen molar-refractivity contribution in [1.29, 1.82) is 0 Å². The molecule has 2 aliphatic rings. The molecule has 2 heterocycles. The van der Waals surface area contributed by atoms with Gasteiger partial charge < -0.3 is 20.7 Å². The van der Waals surface area contributed by atoms with E-state index in [1.807, 2.05) is 4.90 Å². The van der Waals surface area contributed by atoms with Crippen molar-refractivity contribution in [3.63, 3.8) is 0 Å². The number of ether oxygens (including phenoxy) is 1. The van der Waals surface area contributed by atoms with Gasteiger partial charge in [-0.25, -0.2) is 13.2 Å². The van der Waals surface area contributed by atoms with Crippen LogP contribution in [0.2, 0.25) is 0 Å². The first-order valence-electron chi connectivity index (χ1n) is 9.58. The Morgan fingerprint density at radius 3 is 2.55 bits per heavy atom. The molecule has 3 N–H and O–H groups in total. The first-order valence-corrected chi connectivity index (χ1v) is 9.58. The topological polar surface area (TPSA) is 67.6 Å². The second-order valence-corrected chi connectivity index (χ2v) is 7.68. The largest absolute Gasteiger partial charge is 0.491 e. The van der Waals surface area contributed by atoms with Crippen LogP contribution in [0.15, 0.2) is 30.3 Å². The smallest absolute Gasteiger partial charge is 0.224 e. The molecule has 0 aliphatic carbocycles. The molecule has 0 bridgehead atoms. The fourth-order valence-electron chi connectivity index (χ4n) is 3.86. The van der Waals surface area contributed by atoms with Crippen LogP contribution in [0.3, 0.4) is 0 Å². The van der Waals surface area contributed by atoms with Crippen molar-refractivity contribution in [3.05, 3.63) is 53.3 Å². The van der Waals surface area contributed by atoms with Crippen LogP contribution < -0.4 is 20.7 Å². The number of piperidine rings is 1. The van der Waals surface area contributed by atoms with E-state index in [2.05, 4.69) is 5.32 Å². The predicted octanol–water partition coefficient (Wildman–Crippen LogP) is 3.37. The van der Waals surface area contributed by atoms with Crippen molar-refractivity contribution in [2.75, 3.05) is 29.9 Å².